The summed E-state index contributed by atoms with van der Waals surface area (Å²) in [4.78, 5) is 7.05. The van der Waals surface area contributed by atoms with Crippen LogP contribution >= 0.6 is 0 Å². The normalized spacial score (nSPS) is 25.9. The van der Waals surface area contributed by atoms with E-state index in [1.54, 1.807) is 0 Å². The Morgan fingerprint density at radius 2 is 2.05 bits per heavy atom. The zero-order valence-corrected chi connectivity index (χ0v) is 12.9. The number of rotatable bonds is 5. The molecule has 1 saturated carbocycles. The maximum atomic E-state index is 4.72. The molecule has 1 aromatic heterocycles. The Morgan fingerprint density at radius 3 is 2.65 bits per heavy atom. The van der Waals surface area contributed by atoms with E-state index in [2.05, 4.69) is 41.2 Å². The molecule has 2 N–H and O–H groups in total. The van der Waals surface area contributed by atoms with Gasteiger partial charge in [-0.2, -0.15) is 4.98 Å². The van der Waals surface area contributed by atoms with Crippen LogP contribution in [0.1, 0.15) is 51.8 Å². The third-order valence-electron chi connectivity index (χ3n) is 4.91. The lowest BCUT2D eigenvalue weighted by Gasteiger charge is -2.31. The Kier molecular flexibility index (Phi) is 3.71. The minimum atomic E-state index is 0.412. The zero-order chi connectivity index (χ0) is 14.2. The van der Waals surface area contributed by atoms with Crippen LogP contribution in [0.3, 0.4) is 0 Å². The van der Waals surface area contributed by atoms with Crippen LogP contribution in [0.5, 0.6) is 0 Å². The van der Waals surface area contributed by atoms with Crippen molar-refractivity contribution in [2.75, 3.05) is 31.1 Å². The third kappa shape index (κ3) is 2.82. The van der Waals surface area contributed by atoms with Crippen LogP contribution in [0.4, 0.5) is 5.95 Å². The second kappa shape index (κ2) is 5.35. The van der Waals surface area contributed by atoms with Gasteiger partial charge in [-0.15, -0.1) is 5.10 Å². The summed E-state index contributed by atoms with van der Waals surface area (Å²) in [5.74, 6) is 3.38. The van der Waals surface area contributed by atoms with Crippen LogP contribution in [0, 0.1) is 11.3 Å². The quantitative estimate of drug-likeness (QED) is 0.866. The van der Waals surface area contributed by atoms with Gasteiger partial charge in [0.1, 0.15) is 5.82 Å². The fraction of sp³-hybridized carbons (Fsp3) is 0.867. The minimum Gasteiger partial charge on any atom is -0.340 e. The number of H-pyrrole nitrogens is 1. The van der Waals surface area contributed by atoms with Gasteiger partial charge in [0.15, 0.2) is 0 Å². The van der Waals surface area contributed by atoms with Gasteiger partial charge in [-0.25, -0.2) is 0 Å². The van der Waals surface area contributed by atoms with Crippen LogP contribution in [0.2, 0.25) is 0 Å². The molecule has 1 aliphatic carbocycles. The average Bonchev–Trinajstić information content (AvgIpc) is 2.89. The van der Waals surface area contributed by atoms with E-state index in [4.69, 9.17) is 4.98 Å². The molecule has 1 atom stereocenters. The predicted octanol–water partition coefficient (Wildman–Crippen LogP) is 2.14. The highest BCUT2D eigenvalue weighted by atomic mass is 15.4. The highest BCUT2D eigenvalue weighted by Crippen LogP contribution is 2.57. The van der Waals surface area contributed by atoms with Gasteiger partial charge in [-0.05, 0) is 43.7 Å². The number of hydrogen-bond donors (Lipinski definition) is 2. The summed E-state index contributed by atoms with van der Waals surface area (Å²) in [6.45, 7) is 11.2. The molecule has 1 saturated heterocycles. The summed E-state index contributed by atoms with van der Waals surface area (Å²) in [7, 11) is 0. The van der Waals surface area contributed by atoms with Gasteiger partial charge in [-0.1, -0.05) is 20.8 Å². The second-order valence-corrected chi connectivity index (χ2v) is 7.00. The van der Waals surface area contributed by atoms with Gasteiger partial charge in [0.2, 0.25) is 5.95 Å². The molecule has 20 heavy (non-hydrogen) atoms. The predicted molar refractivity (Wildman–Crippen MR) is 81.0 cm³/mol. The number of piperidine rings is 1. The SMILES string of the molecule is CCNCC1CCN(c2n[nH]c(C3CC3(C)C)n2)CC1. The molecule has 0 aromatic carbocycles. The van der Waals surface area contributed by atoms with Gasteiger partial charge >= 0.3 is 0 Å². The number of nitrogens with zero attached hydrogens (tertiary/aromatic N) is 3. The highest BCUT2D eigenvalue weighted by molar-refractivity contribution is 5.31. The van der Waals surface area contributed by atoms with Crippen molar-refractivity contribution in [3.05, 3.63) is 5.82 Å². The van der Waals surface area contributed by atoms with E-state index >= 15 is 0 Å². The van der Waals surface area contributed by atoms with E-state index in [9.17, 15) is 0 Å². The molecule has 1 aromatic rings. The molecule has 0 spiro atoms. The summed E-state index contributed by atoms with van der Waals surface area (Å²) in [6.07, 6.45) is 3.71. The molecule has 1 unspecified atom stereocenters. The number of aromatic nitrogens is 3. The van der Waals surface area contributed by atoms with E-state index in [1.165, 1.54) is 19.3 Å². The molecule has 2 aliphatic rings. The molecule has 0 bridgehead atoms. The van der Waals surface area contributed by atoms with Gasteiger partial charge < -0.3 is 10.2 Å². The number of aromatic amines is 1. The molecule has 2 fully saturated rings. The maximum absolute atomic E-state index is 4.72. The van der Waals surface area contributed by atoms with Gasteiger partial charge in [0, 0.05) is 19.0 Å². The van der Waals surface area contributed by atoms with Crippen LogP contribution in [-0.2, 0) is 0 Å². The summed E-state index contributed by atoms with van der Waals surface area (Å²) in [5, 5.41) is 11.0. The molecular formula is C15H27N5. The number of nitrogens with one attached hydrogen (secondary N) is 2. The number of anilines is 1. The molecule has 3 rings (SSSR count). The van der Waals surface area contributed by atoms with Crippen molar-refractivity contribution in [3.8, 4) is 0 Å². The molecular weight excluding hydrogens is 250 g/mol. The fourth-order valence-corrected chi connectivity index (χ4v) is 3.18. The van der Waals surface area contributed by atoms with E-state index in [-0.39, 0.29) is 0 Å². The molecule has 112 valence electrons. The molecule has 0 radical (unpaired) electrons. The van der Waals surface area contributed by atoms with Gasteiger partial charge in [0.05, 0.1) is 0 Å². The summed E-state index contributed by atoms with van der Waals surface area (Å²) in [6, 6.07) is 0. The highest BCUT2D eigenvalue weighted by Gasteiger charge is 2.48. The smallest absolute Gasteiger partial charge is 0.244 e. The second-order valence-electron chi connectivity index (χ2n) is 7.00. The van der Waals surface area contributed by atoms with Crippen molar-refractivity contribution in [1.29, 1.82) is 0 Å². The monoisotopic (exact) mass is 277 g/mol. The zero-order valence-electron chi connectivity index (χ0n) is 12.9. The van der Waals surface area contributed by atoms with Crippen LogP contribution in [0.25, 0.3) is 0 Å². The van der Waals surface area contributed by atoms with E-state index in [1.807, 2.05) is 0 Å². The summed E-state index contributed by atoms with van der Waals surface area (Å²) in [5.41, 5.74) is 0.412. The minimum absolute atomic E-state index is 0.412. The van der Waals surface area contributed by atoms with Crippen molar-refractivity contribution in [3.63, 3.8) is 0 Å². The largest absolute Gasteiger partial charge is 0.340 e. The van der Waals surface area contributed by atoms with E-state index in [0.717, 1.165) is 43.9 Å². The lowest BCUT2D eigenvalue weighted by Crippen LogP contribution is -2.37. The van der Waals surface area contributed by atoms with Crippen molar-refractivity contribution in [2.24, 2.45) is 11.3 Å². The average molecular weight is 277 g/mol. The first-order chi connectivity index (χ1) is 9.60. The van der Waals surface area contributed by atoms with Crippen molar-refractivity contribution >= 4 is 5.95 Å². The number of hydrogen-bond acceptors (Lipinski definition) is 4. The lowest BCUT2D eigenvalue weighted by molar-refractivity contribution is 0.384. The first-order valence-electron chi connectivity index (χ1n) is 7.98. The Labute approximate surface area is 121 Å². The Morgan fingerprint density at radius 1 is 1.35 bits per heavy atom. The molecule has 1 aliphatic heterocycles. The van der Waals surface area contributed by atoms with Crippen molar-refractivity contribution < 1.29 is 0 Å². The first-order valence-corrected chi connectivity index (χ1v) is 7.98. The standard InChI is InChI=1S/C15H27N5/c1-4-16-10-11-5-7-20(8-6-11)14-17-13(18-19-14)12-9-15(12,2)3/h11-12,16H,4-10H2,1-3H3,(H,17,18,19). The van der Waals surface area contributed by atoms with E-state index in [0.29, 0.717) is 11.3 Å². The lowest BCUT2D eigenvalue weighted by atomic mass is 9.97. The van der Waals surface area contributed by atoms with Crippen molar-refractivity contribution in [1.82, 2.24) is 20.5 Å². The molecule has 2 heterocycles. The third-order valence-corrected chi connectivity index (χ3v) is 4.91. The van der Waals surface area contributed by atoms with E-state index < -0.39 is 0 Å². The molecule has 5 nitrogen and oxygen atoms in total. The van der Waals surface area contributed by atoms with Gasteiger partial charge in [0.25, 0.3) is 0 Å². The van der Waals surface area contributed by atoms with Crippen LogP contribution in [-0.4, -0.2) is 41.4 Å². The van der Waals surface area contributed by atoms with Crippen molar-refractivity contribution in [2.45, 2.75) is 46.0 Å². The first kappa shape index (κ1) is 13.9. The molecule has 5 heteroatoms. The summed E-state index contributed by atoms with van der Waals surface area (Å²) < 4.78 is 0. The van der Waals surface area contributed by atoms with Gasteiger partial charge in [-0.3, -0.25) is 5.10 Å². The summed E-state index contributed by atoms with van der Waals surface area (Å²) >= 11 is 0. The fourth-order valence-electron chi connectivity index (χ4n) is 3.18. The van der Waals surface area contributed by atoms with Crippen LogP contribution < -0.4 is 10.2 Å². The Hall–Kier alpha value is -1.10. The Bertz CT molecular complexity index is 445. The topological polar surface area (TPSA) is 56.8 Å². The Balaban J connectivity index is 1.53. The maximum Gasteiger partial charge on any atom is 0.244 e. The molecule has 0 amide bonds. The van der Waals surface area contributed by atoms with Crippen LogP contribution in [0.15, 0.2) is 0 Å².